The van der Waals surface area contributed by atoms with Gasteiger partial charge in [0.05, 0.1) is 6.61 Å². The van der Waals surface area contributed by atoms with E-state index in [1.165, 1.54) is 0 Å². The van der Waals surface area contributed by atoms with Crippen LogP contribution in [0.15, 0.2) is 24.3 Å². The summed E-state index contributed by atoms with van der Waals surface area (Å²) in [6.07, 6.45) is 1.78. The van der Waals surface area contributed by atoms with Crippen LogP contribution in [-0.2, 0) is 9.53 Å². The normalized spacial score (nSPS) is 10.6. The third kappa shape index (κ3) is 6.82. The zero-order valence-corrected chi connectivity index (χ0v) is 13.0. The Morgan fingerprint density at radius 3 is 2.75 bits per heavy atom. The number of hydrogen-bond donors (Lipinski definition) is 2. The number of ketones is 1. The first-order valence-electron chi connectivity index (χ1n) is 6.87. The predicted octanol–water partition coefficient (Wildman–Crippen LogP) is 3.34. The largest absolute Gasteiger partial charge is 0.494 e. The van der Waals surface area contributed by atoms with Crippen LogP contribution in [0.4, 0.5) is 5.69 Å². The summed E-state index contributed by atoms with van der Waals surface area (Å²) in [7, 11) is 0. The van der Waals surface area contributed by atoms with Crippen LogP contribution >= 0.6 is 12.8 Å². The standard InChI is InChI=1S/C15H23NO3S/c1-12(2)15(17)11-18-8-3-4-9-19-14-7-5-6-13(10-14)16-20/h5-7,10,12,16,20H,3-4,8-9,11H2,1-2H3. The van der Waals surface area contributed by atoms with Gasteiger partial charge in [-0.2, -0.15) is 0 Å². The van der Waals surface area contributed by atoms with Crippen molar-refractivity contribution in [2.45, 2.75) is 26.7 Å². The van der Waals surface area contributed by atoms with Crippen LogP contribution in [0.1, 0.15) is 26.7 Å². The van der Waals surface area contributed by atoms with Gasteiger partial charge in [-0.3, -0.25) is 4.79 Å². The summed E-state index contributed by atoms with van der Waals surface area (Å²) < 4.78 is 13.7. The molecule has 0 fully saturated rings. The molecule has 4 nitrogen and oxygen atoms in total. The molecule has 0 aliphatic heterocycles. The van der Waals surface area contributed by atoms with Crippen molar-refractivity contribution in [2.24, 2.45) is 5.92 Å². The summed E-state index contributed by atoms with van der Waals surface area (Å²) in [6.45, 7) is 5.21. The van der Waals surface area contributed by atoms with Crippen molar-refractivity contribution in [1.29, 1.82) is 0 Å². The highest BCUT2D eigenvalue weighted by molar-refractivity contribution is 7.81. The average Bonchev–Trinajstić information content (AvgIpc) is 2.46. The quantitative estimate of drug-likeness (QED) is 0.513. The molecule has 1 aromatic carbocycles. The molecule has 1 aromatic rings. The van der Waals surface area contributed by atoms with Crippen LogP contribution in [0.25, 0.3) is 0 Å². The van der Waals surface area contributed by atoms with Crippen molar-refractivity contribution in [3.05, 3.63) is 24.3 Å². The molecule has 1 rings (SSSR count). The first kappa shape index (κ1) is 16.9. The Morgan fingerprint density at radius 2 is 2.05 bits per heavy atom. The van der Waals surface area contributed by atoms with Crippen molar-refractivity contribution in [3.8, 4) is 5.75 Å². The van der Waals surface area contributed by atoms with Gasteiger partial charge in [0.1, 0.15) is 12.4 Å². The smallest absolute Gasteiger partial charge is 0.160 e. The lowest BCUT2D eigenvalue weighted by molar-refractivity contribution is -0.126. The van der Waals surface area contributed by atoms with Crippen LogP contribution in [0, 0.1) is 5.92 Å². The van der Waals surface area contributed by atoms with E-state index >= 15 is 0 Å². The molecule has 20 heavy (non-hydrogen) atoms. The maximum Gasteiger partial charge on any atom is 0.160 e. The molecule has 0 unspecified atom stereocenters. The molecule has 0 aromatic heterocycles. The number of benzene rings is 1. The SMILES string of the molecule is CC(C)C(=O)COCCCCOc1cccc(NS)c1. The molecule has 0 bridgehead atoms. The van der Waals surface area contributed by atoms with Gasteiger partial charge in [-0.05, 0) is 25.0 Å². The molecule has 0 atom stereocenters. The molecule has 0 aliphatic rings. The van der Waals surface area contributed by atoms with Gasteiger partial charge < -0.3 is 14.2 Å². The second-order valence-corrected chi connectivity index (χ2v) is 5.09. The number of unbranched alkanes of at least 4 members (excludes halogenated alkanes) is 1. The third-order valence-electron chi connectivity index (χ3n) is 2.80. The highest BCUT2D eigenvalue weighted by atomic mass is 32.1. The maximum atomic E-state index is 11.3. The van der Waals surface area contributed by atoms with Crippen molar-refractivity contribution in [3.63, 3.8) is 0 Å². The van der Waals surface area contributed by atoms with Crippen molar-refractivity contribution in [2.75, 3.05) is 24.5 Å². The lowest BCUT2D eigenvalue weighted by Crippen LogP contribution is -2.15. The zero-order valence-electron chi connectivity index (χ0n) is 12.1. The van der Waals surface area contributed by atoms with Gasteiger partial charge in [0.25, 0.3) is 0 Å². The number of rotatable bonds is 10. The topological polar surface area (TPSA) is 47.6 Å². The second kappa shape index (κ2) is 9.66. The van der Waals surface area contributed by atoms with E-state index in [2.05, 4.69) is 17.5 Å². The van der Waals surface area contributed by atoms with Gasteiger partial charge in [0.15, 0.2) is 5.78 Å². The van der Waals surface area contributed by atoms with Gasteiger partial charge in [0, 0.05) is 24.3 Å². The minimum Gasteiger partial charge on any atom is -0.494 e. The lowest BCUT2D eigenvalue weighted by atomic mass is 10.1. The van der Waals surface area contributed by atoms with E-state index in [-0.39, 0.29) is 18.3 Å². The maximum absolute atomic E-state index is 11.3. The Bertz CT molecular complexity index is 410. The first-order chi connectivity index (χ1) is 9.63. The lowest BCUT2D eigenvalue weighted by Gasteiger charge is -2.08. The molecule has 0 amide bonds. The van der Waals surface area contributed by atoms with E-state index in [1.54, 1.807) is 0 Å². The number of Topliss-reactive ketones (excluding diaryl/α,β-unsaturated/α-hetero) is 1. The minimum atomic E-state index is 0.0473. The van der Waals surface area contributed by atoms with Gasteiger partial charge in [-0.25, -0.2) is 0 Å². The van der Waals surface area contributed by atoms with Crippen molar-refractivity contribution >= 4 is 24.3 Å². The molecule has 0 saturated carbocycles. The minimum absolute atomic E-state index is 0.0473. The summed E-state index contributed by atoms with van der Waals surface area (Å²) in [4.78, 5) is 11.3. The van der Waals surface area contributed by atoms with Crippen molar-refractivity contribution in [1.82, 2.24) is 0 Å². The first-order valence-corrected chi connectivity index (χ1v) is 7.31. The monoisotopic (exact) mass is 297 g/mol. The van der Waals surface area contributed by atoms with Crippen molar-refractivity contribution < 1.29 is 14.3 Å². The number of ether oxygens (including phenoxy) is 2. The van der Waals surface area contributed by atoms with E-state index in [0.717, 1.165) is 24.3 Å². The summed E-state index contributed by atoms with van der Waals surface area (Å²) in [5.74, 6) is 1.02. The number of carbonyl (C=O) groups excluding carboxylic acids is 1. The number of nitrogens with one attached hydrogen (secondary N) is 1. The fraction of sp³-hybridized carbons (Fsp3) is 0.533. The van der Waals surface area contributed by atoms with Crippen LogP contribution in [0.3, 0.4) is 0 Å². The van der Waals surface area contributed by atoms with Crippen LogP contribution in [0.2, 0.25) is 0 Å². The highest BCUT2D eigenvalue weighted by Gasteiger charge is 2.06. The van der Waals surface area contributed by atoms with E-state index < -0.39 is 0 Å². The van der Waals surface area contributed by atoms with E-state index in [1.807, 2.05) is 38.1 Å². The molecule has 0 spiro atoms. The molecule has 5 heteroatoms. The fourth-order valence-corrected chi connectivity index (χ4v) is 1.63. The highest BCUT2D eigenvalue weighted by Crippen LogP contribution is 2.17. The summed E-state index contributed by atoms with van der Waals surface area (Å²) >= 11 is 3.99. The molecule has 112 valence electrons. The summed E-state index contributed by atoms with van der Waals surface area (Å²) in [6, 6.07) is 7.63. The van der Waals surface area contributed by atoms with Crippen LogP contribution in [-0.4, -0.2) is 25.6 Å². The number of carbonyl (C=O) groups is 1. The molecule has 0 heterocycles. The Balaban J connectivity index is 2.06. The predicted molar refractivity (Wildman–Crippen MR) is 84.4 cm³/mol. The number of hydrogen-bond acceptors (Lipinski definition) is 5. The fourth-order valence-electron chi connectivity index (χ4n) is 1.49. The number of anilines is 1. The van der Waals surface area contributed by atoms with Gasteiger partial charge >= 0.3 is 0 Å². The Kier molecular flexibility index (Phi) is 8.14. The molecule has 0 saturated heterocycles. The molecule has 1 N–H and O–H groups in total. The molecule has 0 aliphatic carbocycles. The Morgan fingerprint density at radius 1 is 1.30 bits per heavy atom. The van der Waals surface area contributed by atoms with E-state index in [0.29, 0.717) is 13.2 Å². The summed E-state index contributed by atoms with van der Waals surface area (Å²) in [5.41, 5.74) is 0.904. The van der Waals surface area contributed by atoms with Gasteiger partial charge in [-0.15, -0.1) is 0 Å². The Labute approximate surface area is 126 Å². The number of thiol groups is 1. The third-order valence-corrected chi connectivity index (χ3v) is 3.06. The molecular formula is C15H23NO3S. The molecule has 0 radical (unpaired) electrons. The second-order valence-electron chi connectivity index (χ2n) is 4.87. The Hall–Kier alpha value is -1.20. The van der Waals surface area contributed by atoms with E-state index in [4.69, 9.17) is 9.47 Å². The van der Waals surface area contributed by atoms with E-state index in [9.17, 15) is 4.79 Å². The summed E-state index contributed by atoms with van der Waals surface area (Å²) in [5, 5.41) is 0. The van der Waals surface area contributed by atoms with Gasteiger partial charge in [0.2, 0.25) is 0 Å². The van der Waals surface area contributed by atoms with Gasteiger partial charge in [-0.1, -0.05) is 32.7 Å². The van der Waals surface area contributed by atoms with Crippen LogP contribution < -0.4 is 9.46 Å². The molecular weight excluding hydrogens is 274 g/mol. The average molecular weight is 297 g/mol. The van der Waals surface area contributed by atoms with Crippen LogP contribution in [0.5, 0.6) is 5.75 Å². The zero-order chi connectivity index (χ0) is 14.8.